The van der Waals surface area contributed by atoms with Crippen LogP contribution in [-0.4, -0.2) is 11.5 Å². The van der Waals surface area contributed by atoms with Gasteiger partial charge in [0.2, 0.25) is 0 Å². The zero-order valence-electron chi connectivity index (χ0n) is 12.2. The monoisotopic (exact) mass is 352 g/mol. The van der Waals surface area contributed by atoms with Gasteiger partial charge in [-0.15, -0.1) is 11.3 Å². The van der Waals surface area contributed by atoms with Crippen LogP contribution in [0.3, 0.4) is 0 Å². The molecule has 0 saturated carbocycles. The summed E-state index contributed by atoms with van der Waals surface area (Å²) in [6, 6.07) is 6.94. The fourth-order valence-corrected chi connectivity index (χ4v) is 3.19. The molecule has 1 N–H and O–H groups in total. The molecule has 0 bridgehead atoms. The van der Waals surface area contributed by atoms with Crippen LogP contribution in [0.2, 0.25) is 0 Å². The summed E-state index contributed by atoms with van der Waals surface area (Å²) in [4.78, 5) is 4.59. The molecule has 4 heteroatoms. The van der Waals surface area contributed by atoms with Gasteiger partial charge in [-0.25, -0.2) is 4.98 Å². The van der Waals surface area contributed by atoms with Gasteiger partial charge in [-0.3, -0.25) is 0 Å². The molecule has 2 nitrogen and oxygen atoms in total. The molecular weight excluding hydrogens is 332 g/mol. The summed E-state index contributed by atoms with van der Waals surface area (Å²) < 4.78 is 1.17. The van der Waals surface area contributed by atoms with Gasteiger partial charge in [0.25, 0.3) is 0 Å². The highest BCUT2D eigenvalue weighted by Gasteiger charge is 2.14. The Kier molecular flexibility index (Phi) is 5.75. The van der Waals surface area contributed by atoms with Crippen molar-refractivity contribution in [3.05, 3.63) is 49.9 Å². The number of hydrogen-bond acceptors (Lipinski definition) is 3. The maximum atomic E-state index is 4.59. The third kappa shape index (κ3) is 4.14. The molecule has 1 unspecified atom stereocenters. The van der Waals surface area contributed by atoms with Gasteiger partial charge >= 0.3 is 0 Å². The van der Waals surface area contributed by atoms with Crippen LogP contribution >= 0.6 is 27.3 Å². The van der Waals surface area contributed by atoms with E-state index in [1.807, 2.05) is 0 Å². The Morgan fingerprint density at radius 3 is 2.75 bits per heavy atom. The van der Waals surface area contributed by atoms with E-state index >= 15 is 0 Å². The third-order valence-corrected chi connectivity index (χ3v) is 5.00. The molecule has 0 aliphatic heterocycles. The summed E-state index contributed by atoms with van der Waals surface area (Å²) in [6.07, 6.45) is 2.08. The van der Waals surface area contributed by atoms with Crippen molar-refractivity contribution in [3.63, 3.8) is 0 Å². The molecule has 0 aliphatic carbocycles. The minimum Gasteiger partial charge on any atom is -0.310 e. The van der Waals surface area contributed by atoms with E-state index in [1.165, 1.54) is 21.3 Å². The van der Waals surface area contributed by atoms with Crippen molar-refractivity contribution in [1.82, 2.24) is 10.3 Å². The van der Waals surface area contributed by atoms with Gasteiger partial charge in [-0.1, -0.05) is 35.0 Å². The summed E-state index contributed by atoms with van der Waals surface area (Å²) in [7, 11) is 0. The standard InChI is InChI=1S/C16H21BrN2S/c1-4-7-18-16(9-14-10-20-12(3)19-14)13-6-5-11(2)15(17)8-13/h5-6,8,10,16,18H,4,7,9H2,1-3H3. The van der Waals surface area contributed by atoms with E-state index in [0.29, 0.717) is 6.04 Å². The summed E-state index contributed by atoms with van der Waals surface area (Å²) >= 11 is 5.35. The predicted molar refractivity (Wildman–Crippen MR) is 90.5 cm³/mol. The minimum atomic E-state index is 0.327. The van der Waals surface area contributed by atoms with Gasteiger partial charge in [0.1, 0.15) is 0 Å². The zero-order valence-corrected chi connectivity index (χ0v) is 14.6. The molecule has 1 aromatic heterocycles. The third-order valence-electron chi connectivity index (χ3n) is 3.32. The van der Waals surface area contributed by atoms with Crippen LogP contribution in [0.1, 0.15) is 41.2 Å². The SMILES string of the molecule is CCCNC(Cc1csc(C)n1)c1ccc(C)c(Br)c1. The van der Waals surface area contributed by atoms with E-state index < -0.39 is 0 Å². The van der Waals surface area contributed by atoms with E-state index in [-0.39, 0.29) is 0 Å². The van der Waals surface area contributed by atoms with Crippen LogP contribution in [0.15, 0.2) is 28.1 Å². The van der Waals surface area contributed by atoms with Crippen molar-refractivity contribution in [2.45, 2.75) is 39.7 Å². The topological polar surface area (TPSA) is 24.9 Å². The first kappa shape index (κ1) is 15.7. The lowest BCUT2D eigenvalue weighted by atomic mass is 10.0. The van der Waals surface area contributed by atoms with Crippen LogP contribution in [0.25, 0.3) is 0 Å². The summed E-state index contributed by atoms with van der Waals surface area (Å²) in [5, 5.41) is 6.94. The number of benzene rings is 1. The molecular formula is C16H21BrN2S. The average molecular weight is 353 g/mol. The van der Waals surface area contributed by atoms with Crippen LogP contribution in [-0.2, 0) is 6.42 Å². The lowest BCUT2D eigenvalue weighted by molar-refractivity contribution is 0.525. The van der Waals surface area contributed by atoms with Crippen molar-refractivity contribution in [1.29, 1.82) is 0 Å². The Labute approximate surface area is 133 Å². The smallest absolute Gasteiger partial charge is 0.0897 e. The molecule has 0 amide bonds. The summed E-state index contributed by atoms with van der Waals surface area (Å²) in [5.74, 6) is 0. The Balaban J connectivity index is 2.19. The first-order valence-electron chi connectivity index (χ1n) is 7.00. The van der Waals surface area contributed by atoms with E-state index in [9.17, 15) is 0 Å². The predicted octanol–water partition coefficient (Wildman–Crippen LogP) is 4.81. The van der Waals surface area contributed by atoms with Crippen molar-refractivity contribution in [2.24, 2.45) is 0 Å². The molecule has 0 saturated heterocycles. The number of nitrogens with zero attached hydrogens (tertiary/aromatic N) is 1. The normalized spacial score (nSPS) is 12.6. The molecule has 20 heavy (non-hydrogen) atoms. The van der Waals surface area contributed by atoms with Gasteiger partial charge in [-0.2, -0.15) is 0 Å². The largest absolute Gasteiger partial charge is 0.310 e. The highest BCUT2D eigenvalue weighted by molar-refractivity contribution is 9.10. The van der Waals surface area contributed by atoms with E-state index in [2.05, 4.69) is 70.6 Å². The maximum Gasteiger partial charge on any atom is 0.0897 e. The first-order chi connectivity index (χ1) is 9.60. The molecule has 108 valence electrons. The van der Waals surface area contributed by atoms with Crippen molar-refractivity contribution in [3.8, 4) is 0 Å². The Morgan fingerprint density at radius 2 is 2.15 bits per heavy atom. The molecule has 0 aliphatic rings. The van der Waals surface area contributed by atoms with Gasteiger partial charge in [0.05, 0.1) is 10.7 Å². The Morgan fingerprint density at radius 1 is 1.35 bits per heavy atom. The van der Waals surface area contributed by atoms with Gasteiger partial charge in [0, 0.05) is 22.3 Å². The van der Waals surface area contributed by atoms with Crippen LogP contribution in [0.4, 0.5) is 0 Å². The maximum absolute atomic E-state index is 4.59. The number of aromatic nitrogens is 1. The van der Waals surface area contributed by atoms with Crippen LogP contribution in [0, 0.1) is 13.8 Å². The minimum absolute atomic E-state index is 0.327. The van der Waals surface area contributed by atoms with Crippen LogP contribution in [0.5, 0.6) is 0 Å². The number of rotatable bonds is 6. The zero-order chi connectivity index (χ0) is 14.5. The molecule has 2 aromatic rings. The molecule has 2 rings (SSSR count). The number of nitrogens with one attached hydrogen (secondary N) is 1. The van der Waals surface area contributed by atoms with Crippen molar-refractivity contribution < 1.29 is 0 Å². The Hall–Kier alpha value is -0.710. The van der Waals surface area contributed by atoms with Crippen LogP contribution < -0.4 is 5.32 Å². The highest BCUT2D eigenvalue weighted by Crippen LogP contribution is 2.25. The van der Waals surface area contributed by atoms with Gasteiger partial charge in [-0.05, 0) is 44.0 Å². The van der Waals surface area contributed by atoms with E-state index in [0.717, 1.165) is 24.4 Å². The molecule has 0 spiro atoms. The number of thiazole rings is 1. The van der Waals surface area contributed by atoms with Crippen molar-refractivity contribution in [2.75, 3.05) is 6.54 Å². The Bertz CT molecular complexity index is 565. The average Bonchev–Trinajstić information content (AvgIpc) is 2.83. The number of hydrogen-bond donors (Lipinski definition) is 1. The van der Waals surface area contributed by atoms with E-state index in [1.54, 1.807) is 11.3 Å². The first-order valence-corrected chi connectivity index (χ1v) is 8.68. The molecule has 0 radical (unpaired) electrons. The van der Waals surface area contributed by atoms with Crippen molar-refractivity contribution >= 4 is 27.3 Å². The van der Waals surface area contributed by atoms with Gasteiger partial charge in [0.15, 0.2) is 0 Å². The molecule has 1 aromatic carbocycles. The summed E-state index contributed by atoms with van der Waals surface area (Å²) in [6.45, 7) is 7.40. The lowest BCUT2D eigenvalue weighted by Crippen LogP contribution is -2.24. The van der Waals surface area contributed by atoms with E-state index in [4.69, 9.17) is 0 Å². The second kappa shape index (κ2) is 7.34. The second-order valence-electron chi connectivity index (χ2n) is 5.08. The quantitative estimate of drug-likeness (QED) is 0.806. The summed E-state index contributed by atoms with van der Waals surface area (Å²) in [5.41, 5.74) is 3.77. The number of aryl methyl sites for hydroxylation is 2. The highest BCUT2D eigenvalue weighted by atomic mass is 79.9. The fourth-order valence-electron chi connectivity index (χ4n) is 2.16. The lowest BCUT2D eigenvalue weighted by Gasteiger charge is -2.19. The number of halogens is 1. The fraction of sp³-hybridized carbons (Fsp3) is 0.438. The second-order valence-corrected chi connectivity index (χ2v) is 6.99. The molecule has 1 atom stereocenters. The molecule has 1 heterocycles. The molecule has 0 fully saturated rings. The van der Waals surface area contributed by atoms with Gasteiger partial charge < -0.3 is 5.32 Å².